The first kappa shape index (κ1) is 21.6. The third-order valence-corrected chi connectivity index (χ3v) is 7.08. The van der Waals surface area contributed by atoms with Gasteiger partial charge in [0.2, 0.25) is 0 Å². The highest BCUT2D eigenvalue weighted by Crippen LogP contribution is 2.48. The number of ether oxygens (including phenoxy) is 1. The largest absolute Gasteiger partial charge is 0.425 e. The lowest BCUT2D eigenvalue weighted by Gasteiger charge is -2.30. The molecule has 0 aromatic heterocycles. The van der Waals surface area contributed by atoms with Crippen molar-refractivity contribution < 1.29 is 9.53 Å². The van der Waals surface area contributed by atoms with Crippen LogP contribution in [-0.2, 0) is 15.6 Å². The van der Waals surface area contributed by atoms with Gasteiger partial charge < -0.3 is 4.74 Å². The summed E-state index contributed by atoms with van der Waals surface area (Å²) in [6.07, 6.45) is 2.03. The molecule has 2 aromatic rings. The van der Waals surface area contributed by atoms with E-state index in [2.05, 4.69) is 91.8 Å². The molecule has 2 heteroatoms. The zero-order chi connectivity index (χ0) is 21.6. The Morgan fingerprint density at radius 1 is 0.931 bits per heavy atom. The molecule has 2 nitrogen and oxygen atoms in total. The highest BCUT2D eigenvalue weighted by Gasteiger charge is 2.40. The van der Waals surface area contributed by atoms with Gasteiger partial charge in [0.1, 0.15) is 11.7 Å². The summed E-state index contributed by atoms with van der Waals surface area (Å²) in [5, 5.41) is 0. The summed E-state index contributed by atoms with van der Waals surface area (Å²) in [5.41, 5.74) is 5.77. The van der Waals surface area contributed by atoms with Gasteiger partial charge in [-0.3, -0.25) is 4.79 Å². The van der Waals surface area contributed by atoms with Crippen LogP contribution in [0, 0.1) is 0 Å². The van der Waals surface area contributed by atoms with Gasteiger partial charge in [-0.2, -0.15) is 0 Å². The summed E-state index contributed by atoms with van der Waals surface area (Å²) >= 11 is 0. The first-order valence-electron chi connectivity index (χ1n) is 11.0. The third kappa shape index (κ3) is 3.86. The van der Waals surface area contributed by atoms with Crippen molar-refractivity contribution in [3.63, 3.8) is 0 Å². The summed E-state index contributed by atoms with van der Waals surface area (Å²) in [5.74, 6) is 0.762. The Morgan fingerprint density at radius 3 is 2.03 bits per heavy atom. The molecule has 0 radical (unpaired) electrons. The minimum absolute atomic E-state index is 0.0469. The van der Waals surface area contributed by atoms with Crippen molar-refractivity contribution >= 4 is 5.97 Å². The molecule has 1 heterocycles. The topological polar surface area (TPSA) is 26.3 Å². The molecule has 29 heavy (non-hydrogen) atoms. The number of benzene rings is 2. The second-order valence-electron chi connectivity index (χ2n) is 10.1. The Kier molecular flexibility index (Phi) is 5.69. The predicted molar refractivity (Wildman–Crippen MR) is 121 cm³/mol. The molecule has 0 bridgehead atoms. The Bertz CT molecular complexity index is 901. The Hall–Kier alpha value is -2.09. The summed E-state index contributed by atoms with van der Waals surface area (Å²) in [7, 11) is 0. The summed E-state index contributed by atoms with van der Waals surface area (Å²) in [4.78, 5) is 13.0. The van der Waals surface area contributed by atoms with E-state index in [1.165, 1.54) is 11.1 Å². The lowest BCUT2D eigenvalue weighted by atomic mass is 9.74. The van der Waals surface area contributed by atoms with E-state index in [-0.39, 0.29) is 22.7 Å². The number of carbonyl (C=O) groups is 1. The SMILES string of the molecule is CCC(C)(C)c1cc2c(c(C(C)(C)CC)c1)OC(=O)C2c1ccc(C(C)C)cc1. The molecular weight excluding hydrogens is 356 g/mol. The van der Waals surface area contributed by atoms with Crippen molar-refractivity contribution in [1.82, 2.24) is 0 Å². The van der Waals surface area contributed by atoms with Crippen LogP contribution in [-0.4, -0.2) is 5.97 Å². The molecule has 1 unspecified atom stereocenters. The molecule has 0 saturated heterocycles. The monoisotopic (exact) mass is 392 g/mol. The lowest BCUT2D eigenvalue weighted by Crippen LogP contribution is -2.21. The van der Waals surface area contributed by atoms with E-state index in [0.717, 1.165) is 35.3 Å². The summed E-state index contributed by atoms with van der Waals surface area (Å²) in [6.45, 7) is 17.8. The van der Waals surface area contributed by atoms with E-state index in [1.54, 1.807) is 0 Å². The standard InChI is InChI=1S/C27H36O2/c1-9-26(5,6)20-15-21-23(19-13-11-18(12-14-19)17(3)4)25(28)29-24(21)22(16-20)27(7,8)10-2/h11-17,23H,9-10H2,1-8H3. The van der Waals surface area contributed by atoms with Crippen molar-refractivity contribution in [3.05, 3.63) is 64.2 Å². The van der Waals surface area contributed by atoms with Gasteiger partial charge in [-0.1, -0.05) is 91.8 Å². The number of hydrogen-bond acceptors (Lipinski definition) is 2. The smallest absolute Gasteiger partial charge is 0.323 e. The van der Waals surface area contributed by atoms with Crippen LogP contribution in [0.25, 0.3) is 0 Å². The van der Waals surface area contributed by atoms with Crippen LogP contribution < -0.4 is 4.74 Å². The lowest BCUT2D eigenvalue weighted by molar-refractivity contribution is -0.133. The fourth-order valence-electron chi connectivity index (χ4n) is 3.94. The molecule has 156 valence electrons. The fraction of sp³-hybridized carbons (Fsp3) is 0.519. The van der Waals surface area contributed by atoms with Crippen molar-refractivity contribution in [2.24, 2.45) is 0 Å². The van der Waals surface area contributed by atoms with E-state index in [1.807, 2.05) is 0 Å². The van der Waals surface area contributed by atoms with E-state index < -0.39 is 0 Å². The number of rotatable bonds is 6. The Labute approximate surface area is 176 Å². The molecule has 1 atom stereocenters. The molecule has 0 saturated carbocycles. The quantitative estimate of drug-likeness (QED) is 0.383. The molecule has 1 aliphatic rings. The zero-order valence-corrected chi connectivity index (χ0v) is 19.3. The van der Waals surface area contributed by atoms with E-state index in [0.29, 0.717) is 5.92 Å². The van der Waals surface area contributed by atoms with Crippen molar-refractivity contribution in [1.29, 1.82) is 0 Å². The van der Waals surface area contributed by atoms with E-state index in [9.17, 15) is 4.79 Å². The van der Waals surface area contributed by atoms with E-state index >= 15 is 0 Å². The normalized spacial score (nSPS) is 16.9. The van der Waals surface area contributed by atoms with Crippen LogP contribution in [0.15, 0.2) is 36.4 Å². The van der Waals surface area contributed by atoms with E-state index in [4.69, 9.17) is 4.74 Å². The minimum atomic E-state index is -0.342. The Morgan fingerprint density at radius 2 is 1.52 bits per heavy atom. The van der Waals surface area contributed by atoms with Crippen LogP contribution in [0.2, 0.25) is 0 Å². The number of fused-ring (bicyclic) bond motifs is 1. The van der Waals surface area contributed by atoms with Gasteiger partial charge in [0.15, 0.2) is 0 Å². The molecule has 0 aliphatic carbocycles. The van der Waals surface area contributed by atoms with Crippen LogP contribution in [0.1, 0.15) is 108 Å². The van der Waals surface area contributed by atoms with Gasteiger partial charge in [0.25, 0.3) is 0 Å². The molecular formula is C27H36O2. The summed E-state index contributed by atoms with van der Waals surface area (Å²) in [6, 6.07) is 13.0. The van der Waals surface area contributed by atoms with Gasteiger partial charge in [-0.15, -0.1) is 0 Å². The number of carbonyl (C=O) groups excluding carboxylic acids is 1. The highest BCUT2D eigenvalue weighted by atomic mass is 16.5. The van der Waals surface area contributed by atoms with Crippen LogP contribution in [0.5, 0.6) is 5.75 Å². The van der Waals surface area contributed by atoms with Gasteiger partial charge in [-0.25, -0.2) is 0 Å². The first-order valence-corrected chi connectivity index (χ1v) is 11.0. The minimum Gasteiger partial charge on any atom is -0.425 e. The zero-order valence-electron chi connectivity index (χ0n) is 19.3. The second kappa shape index (κ2) is 7.63. The molecule has 0 fully saturated rings. The molecule has 0 amide bonds. The average Bonchev–Trinajstić information content (AvgIpc) is 3.02. The molecule has 1 aliphatic heterocycles. The molecule has 0 spiro atoms. The van der Waals surface area contributed by atoms with Gasteiger partial charge in [0.05, 0.1) is 0 Å². The van der Waals surface area contributed by atoms with Gasteiger partial charge >= 0.3 is 5.97 Å². The fourth-order valence-corrected chi connectivity index (χ4v) is 3.94. The van der Waals surface area contributed by atoms with Crippen LogP contribution in [0.4, 0.5) is 0 Å². The van der Waals surface area contributed by atoms with Crippen molar-refractivity contribution in [2.75, 3.05) is 0 Å². The highest BCUT2D eigenvalue weighted by molar-refractivity contribution is 5.90. The summed E-state index contributed by atoms with van der Waals surface area (Å²) < 4.78 is 5.93. The number of esters is 1. The van der Waals surface area contributed by atoms with Crippen LogP contribution in [0.3, 0.4) is 0 Å². The first-order chi connectivity index (χ1) is 13.5. The maximum Gasteiger partial charge on any atom is 0.323 e. The molecule has 0 N–H and O–H groups in total. The second-order valence-corrected chi connectivity index (χ2v) is 10.1. The average molecular weight is 393 g/mol. The molecule has 3 rings (SSSR count). The van der Waals surface area contributed by atoms with Crippen molar-refractivity contribution in [2.45, 2.75) is 90.9 Å². The Balaban J connectivity index is 2.21. The maximum absolute atomic E-state index is 13.0. The van der Waals surface area contributed by atoms with Gasteiger partial charge in [0, 0.05) is 11.1 Å². The predicted octanol–water partition coefficient (Wildman–Crippen LogP) is 7.24. The van der Waals surface area contributed by atoms with Gasteiger partial charge in [-0.05, 0) is 46.3 Å². The van der Waals surface area contributed by atoms with Crippen molar-refractivity contribution in [3.8, 4) is 5.75 Å². The third-order valence-electron chi connectivity index (χ3n) is 7.08. The van der Waals surface area contributed by atoms with Crippen LogP contribution >= 0.6 is 0 Å². The maximum atomic E-state index is 13.0. The molecule has 2 aromatic carbocycles. The number of hydrogen-bond donors (Lipinski definition) is 0.